The van der Waals surface area contributed by atoms with Crippen LogP contribution in [0.4, 0.5) is 4.79 Å². The first-order valence-corrected chi connectivity index (χ1v) is 4.59. The fourth-order valence-electron chi connectivity index (χ4n) is 1.17. The third-order valence-electron chi connectivity index (χ3n) is 1.90. The van der Waals surface area contributed by atoms with Gasteiger partial charge in [0.05, 0.1) is 5.70 Å². The van der Waals surface area contributed by atoms with Crippen LogP contribution in [-0.2, 0) is 0 Å². The number of amidine groups is 1. The Kier molecular flexibility index (Phi) is 3.49. The number of carbonyl (C=O) groups excluding carboxylic acids is 1. The predicted octanol–water partition coefficient (Wildman–Crippen LogP) is 1.53. The van der Waals surface area contributed by atoms with Crippen molar-refractivity contribution >= 4 is 11.9 Å². The van der Waals surface area contributed by atoms with E-state index in [9.17, 15) is 4.79 Å². The number of allylic oxidation sites excluding steroid dienone is 1. The van der Waals surface area contributed by atoms with Crippen LogP contribution in [0.15, 0.2) is 16.8 Å². The summed E-state index contributed by atoms with van der Waals surface area (Å²) in [5.41, 5.74) is 6.15. The van der Waals surface area contributed by atoms with Gasteiger partial charge in [0.2, 0.25) is 0 Å². The van der Waals surface area contributed by atoms with Crippen molar-refractivity contribution in [1.29, 1.82) is 0 Å². The van der Waals surface area contributed by atoms with Crippen LogP contribution in [0.1, 0.15) is 32.6 Å². The second kappa shape index (κ2) is 4.64. The Labute approximate surface area is 77.9 Å². The minimum Gasteiger partial charge on any atom is -0.382 e. The van der Waals surface area contributed by atoms with Gasteiger partial charge in [-0.2, -0.15) is 4.99 Å². The number of hydrogen-bond acceptors (Lipinski definition) is 2. The maximum atomic E-state index is 10.7. The van der Waals surface area contributed by atoms with Crippen molar-refractivity contribution in [3.8, 4) is 0 Å². The zero-order valence-electron chi connectivity index (χ0n) is 7.84. The number of unbranched alkanes of at least 4 members (excludes halogenated alkanes) is 3. The molecule has 0 bridgehead atoms. The normalized spacial score (nSPS) is 19.0. The fraction of sp³-hybridized carbons (Fsp3) is 0.556. The summed E-state index contributed by atoms with van der Waals surface area (Å²) in [5.74, 6) is 0.307. The molecule has 0 spiro atoms. The summed E-state index contributed by atoms with van der Waals surface area (Å²) < 4.78 is 0. The number of rotatable bonds is 4. The Hall–Kier alpha value is -1.32. The number of nitrogens with zero attached hydrogens (tertiary/aromatic N) is 1. The molecule has 72 valence electrons. The van der Waals surface area contributed by atoms with Gasteiger partial charge >= 0.3 is 6.03 Å². The Bertz CT molecular complexity index is 256. The molecule has 0 radical (unpaired) electrons. The van der Waals surface area contributed by atoms with E-state index in [4.69, 9.17) is 5.73 Å². The van der Waals surface area contributed by atoms with Crippen molar-refractivity contribution in [1.82, 2.24) is 5.32 Å². The summed E-state index contributed by atoms with van der Waals surface area (Å²) in [7, 11) is 0. The number of amides is 2. The number of nitrogens with one attached hydrogen (secondary N) is 1. The van der Waals surface area contributed by atoms with Gasteiger partial charge in [-0.05, 0) is 12.8 Å². The van der Waals surface area contributed by atoms with Crippen LogP contribution >= 0.6 is 0 Å². The zero-order chi connectivity index (χ0) is 9.68. The first kappa shape index (κ1) is 9.77. The first-order valence-electron chi connectivity index (χ1n) is 4.59. The lowest BCUT2D eigenvalue weighted by Gasteiger charge is -1.97. The summed E-state index contributed by atoms with van der Waals surface area (Å²) >= 11 is 0. The number of nitrogens with two attached hydrogens (primary N) is 1. The Morgan fingerprint density at radius 1 is 1.54 bits per heavy atom. The highest BCUT2D eigenvalue weighted by Gasteiger charge is 2.14. The smallest absolute Gasteiger partial charge is 0.347 e. The van der Waals surface area contributed by atoms with Crippen molar-refractivity contribution < 1.29 is 4.79 Å². The van der Waals surface area contributed by atoms with E-state index in [1.807, 2.05) is 6.08 Å². The van der Waals surface area contributed by atoms with E-state index < -0.39 is 0 Å². The first-order chi connectivity index (χ1) is 6.24. The number of urea groups is 1. The summed E-state index contributed by atoms with van der Waals surface area (Å²) in [6.45, 7) is 2.15. The summed E-state index contributed by atoms with van der Waals surface area (Å²) in [6.07, 6.45) is 6.40. The zero-order valence-corrected chi connectivity index (χ0v) is 7.84. The van der Waals surface area contributed by atoms with Crippen LogP contribution < -0.4 is 11.1 Å². The molecular weight excluding hydrogens is 166 g/mol. The predicted molar refractivity (Wildman–Crippen MR) is 52.4 cm³/mol. The molecule has 13 heavy (non-hydrogen) atoms. The maximum Gasteiger partial charge on any atom is 0.347 e. The topological polar surface area (TPSA) is 67.5 Å². The van der Waals surface area contributed by atoms with Gasteiger partial charge in [-0.3, -0.25) is 0 Å². The lowest BCUT2D eigenvalue weighted by atomic mass is 10.2. The Morgan fingerprint density at radius 2 is 2.31 bits per heavy atom. The second-order valence-electron chi connectivity index (χ2n) is 3.04. The van der Waals surface area contributed by atoms with Crippen molar-refractivity contribution in [3.63, 3.8) is 0 Å². The van der Waals surface area contributed by atoms with E-state index in [1.54, 1.807) is 0 Å². The molecule has 4 nitrogen and oxygen atoms in total. The molecule has 1 rings (SSSR count). The van der Waals surface area contributed by atoms with Gasteiger partial charge in [-0.15, -0.1) is 0 Å². The molecule has 0 unspecified atom stereocenters. The lowest BCUT2D eigenvalue weighted by molar-refractivity contribution is 0.253. The number of aliphatic imine (C=N–C) groups is 1. The number of carbonyl (C=O) groups is 1. The van der Waals surface area contributed by atoms with E-state index in [1.165, 1.54) is 12.8 Å². The Balaban J connectivity index is 2.36. The minimum atomic E-state index is -0.362. The molecule has 3 N–H and O–H groups in total. The largest absolute Gasteiger partial charge is 0.382 e. The van der Waals surface area contributed by atoms with Crippen LogP contribution in [0.25, 0.3) is 0 Å². The van der Waals surface area contributed by atoms with Crippen molar-refractivity contribution in [3.05, 3.63) is 11.8 Å². The van der Waals surface area contributed by atoms with Gasteiger partial charge in [0, 0.05) is 0 Å². The molecule has 1 heterocycles. The molecule has 4 heteroatoms. The van der Waals surface area contributed by atoms with Crippen LogP contribution in [0, 0.1) is 0 Å². The van der Waals surface area contributed by atoms with E-state index in [0.717, 1.165) is 12.8 Å². The fourth-order valence-corrected chi connectivity index (χ4v) is 1.17. The van der Waals surface area contributed by atoms with E-state index in [2.05, 4.69) is 17.2 Å². The molecule has 0 aromatic heterocycles. The van der Waals surface area contributed by atoms with Gasteiger partial charge in [-0.25, -0.2) is 4.79 Å². The highest BCUT2D eigenvalue weighted by molar-refractivity contribution is 6.10. The van der Waals surface area contributed by atoms with Gasteiger partial charge in [0.1, 0.15) is 0 Å². The molecule has 0 saturated heterocycles. The molecule has 0 saturated carbocycles. The maximum absolute atomic E-state index is 10.7. The minimum absolute atomic E-state index is 0.307. The molecule has 2 amide bonds. The van der Waals surface area contributed by atoms with Crippen LogP contribution in [0.5, 0.6) is 0 Å². The van der Waals surface area contributed by atoms with Crippen molar-refractivity contribution in [2.75, 3.05) is 0 Å². The van der Waals surface area contributed by atoms with Crippen LogP contribution in [-0.4, -0.2) is 11.9 Å². The quantitative estimate of drug-likeness (QED) is 0.646. The summed E-state index contributed by atoms with van der Waals surface area (Å²) in [4.78, 5) is 14.3. The number of hydrogen-bond donors (Lipinski definition) is 2. The lowest BCUT2D eigenvalue weighted by Crippen LogP contribution is -2.19. The van der Waals surface area contributed by atoms with Crippen LogP contribution in [0.2, 0.25) is 0 Å². The van der Waals surface area contributed by atoms with E-state index in [-0.39, 0.29) is 6.03 Å². The molecular formula is C9H15N3O. The molecule has 1 aliphatic rings. The van der Waals surface area contributed by atoms with Gasteiger partial charge in [0.15, 0.2) is 5.84 Å². The molecule has 0 aliphatic carbocycles. The van der Waals surface area contributed by atoms with Crippen molar-refractivity contribution in [2.24, 2.45) is 10.7 Å². The summed E-state index contributed by atoms with van der Waals surface area (Å²) in [5, 5.41) is 2.57. The SMILES string of the molecule is CCCCC/C=C1/NC(=O)N=C1N. The third kappa shape index (κ3) is 2.89. The molecule has 1 aliphatic heterocycles. The molecule has 0 aromatic carbocycles. The molecule has 0 aromatic rings. The Morgan fingerprint density at radius 3 is 2.85 bits per heavy atom. The van der Waals surface area contributed by atoms with Gasteiger partial charge in [-0.1, -0.05) is 25.8 Å². The van der Waals surface area contributed by atoms with Gasteiger partial charge < -0.3 is 11.1 Å². The standard InChI is InChI=1S/C9H15N3O/c1-2-3-4-5-6-7-8(10)12-9(13)11-7/h6H,2-5H2,1H3,(H3,10,11,12,13)/b7-6+. The average molecular weight is 181 g/mol. The van der Waals surface area contributed by atoms with E-state index in [0.29, 0.717) is 11.5 Å². The highest BCUT2D eigenvalue weighted by atomic mass is 16.2. The molecule has 0 fully saturated rings. The molecule has 0 atom stereocenters. The second-order valence-corrected chi connectivity index (χ2v) is 3.04. The third-order valence-corrected chi connectivity index (χ3v) is 1.90. The monoisotopic (exact) mass is 181 g/mol. The average Bonchev–Trinajstić information content (AvgIpc) is 2.39. The van der Waals surface area contributed by atoms with E-state index >= 15 is 0 Å². The van der Waals surface area contributed by atoms with Gasteiger partial charge in [0.25, 0.3) is 0 Å². The highest BCUT2D eigenvalue weighted by Crippen LogP contribution is 2.05. The summed E-state index contributed by atoms with van der Waals surface area (Å²) in [6, 6.07) is -0.362. The van der Waals surface area contributed by atoms with Crippen LogP contribution in [0.3, 0.4) is 0 Å². The van der Waals surface area contributed by atoms with Crippen molar-refractivity contribution in [2.45, 2.75) is 32.6 Å².